The van der Waals surface area contributed by atoms with E-state index in [2.05, 4.69) is 4.72 Å². The average molecular weight is 300 g/mol. The Morgan fingerprint density at radius 2 is 2.00 bits per heavy atom. The maximum Gasteiger partial charge on any atom is 0.240 e. The summed E-state index contributed by atoms with van der Waals surface area (Å²) in [5.41, 5.74) is 6.78. The van der Waals surface area contributed by atoms with Crippen LogP contribution in [-0.4, -0.2) is 28.2 Å². The first kappa shape index (κ1) is 17.1. The molecule has 0 spiro atoms. The predicted octanol–water partition coefficient (Wildman–Crippen LogP) is 1.80. The van der Waals surface area contributed by atoms with Crippen LogP contribution in [0.5, 0.6) is 0 Å². The summed E-state index contributed by atoms with van der Waals surface area (Å²) in [4.78, 5) is 0.244. The molecule has 0 aliphatic heterocycles. The van der Waals surface area contributed by atoms with E-state index >= 15 is 0 Å². The molecule has 0 aromatic heterocycles. The topological polar surface area (TPSA) is 81.4 Å². The van der Waals surface area contributed by atoms with E-state index in [1.54, 1.807) is 25.3 Å². The predicted molar refractivity (Wildman–Crippen MR) is 79.9 cm³/mol. The molecule has 6 heteroatoms. The van der Waals surface area contributed by atoms with Crippen molar-refractivity contribution >= 4 is 10.0 Å². The Kier molecular flexibility index (Phi) is 6.61. The van der Waals surface area contributed by atoms with Crippen molar-refractivity contribution in [3.8, 4) is 0 Å². The van der Waals surface area contributed by atoms with Crippen molar-refractivity contribution in [2.24, 2.45) is 5.73 Å². The highest BCUT2D eigenvalue weighted by Crippen LogP contribution is 2.18. The maximum atomic E-state index is 12.3. The Hall–Kier alpha value is -0.950. The van der Waals surface area contributed by atoms with Crippen molar-refractivity contribution in [1.82, 2.24) is 4.72 Å². The molecule has 20 heavy (non-hydrogen) atoms. The number of ether oxygens (including phenoxy) is 1. The molecule has 0 aliphatic rings. The van der Waals surface area contributed by atoms with Crippen LogP contribution >= 0.6 is 0 Å². The van der Waals surface area contributed by atoms with Gasteiger partial charge in [0.25, 0.3) is 0 Å². The zero-order chi connectivity index (χ0) is 15.2. The van der Waals surface area contributed by atoms with Crippen LogP contribution in [0.2, 0.25) is 0 Å². The molecule has 0 bridgehead atoms. The van der Waals surface area contributed by atoms with Gasteiger partial charge in [-0.25, -0.2) is 13.1 Å². The van der Waals surface area contributed by atoms with E-state index in [1.807, 2.05) is 19.9 Å². The first-order valence-electron chi connectivity index (χ1n) is 6.81. The minimum absolute atomic E-state index is 0.147. The molecule has 5 nitrogen and oxygen atoms in total. The largest absolute Gasteiger partial charge is 0.383 e. The van der Waals surface area contributed by atoms with Gasteiger partial charge < -0.3 is 10.5 Å². The van der Waals surface area contributed by atoms with Gasteiger partial charge in [-0.2, -0.15) is 0 Å². The highest BCUT2D eigenvalue weighted by atomic mass is 32.2. The van der Waals surface area contributed by atoms with Gasteiger partial charge >= 0.3 is 0 Å². The number of benzene rings is 1. The second-order valence-electron chi connectivity index (χ2n) is 4.77. The standard InChI is InChI=1S/C14H24N2O3S/c1-4-12(10-19-3)16-20(17,18)13-8-6-7-11(9-13)14(15)5-2/h6-9,12,14,16H,4-5,10,15H2,1-3H3. The van der Waals surface area contributed by atoms with Gasteiger partial charge in [-0.05, 0) is 30.5 Å². The monoisotopic (exact) mass is 300 g/mol. The zero-order valence-corrected chi connectivity index (χ0v) is 13.1. The van der Waals surface area contributed by atoms with Crippen molar-refractivity contribution < 1.29 is 13.2 Å². The molecule has 0 saturated carbocycles. The van der Waals surface area contributed by atoms with E-state index in [4.69, 9.17) is 10.5 Å². The van der Waals surface area contributed by atoms with Crippen LogP contribution in [0.15, 0.2) is 29.2 Å². The van der Waals surface area contributed by atoms with Gasteiger partial charge in [0.1, 0.15) is 0 Å². The lowest BCUT2D eigenvalue weighted by Gasteiger charge is -2.17. The van der Waals surface area contributed by atoms with Gasteiger partial charge in [0, 0.05) is 19.2 Å². The molecular formula is C14H24N2O3S. The van der Waals surface area contributed by atoms with E-state index in [-0.39, 0.29) is 17.0 Å². The van der Waals surface area contributed by atoms with Gasteiger partial charge in [0.05, 0.1) is 11.5 Å². The van der Waals surface area contributed by atoms with Crippen molar-refractivity contribution in [2.75, 3.05) is 13.7 Å². The van der Waals surface area contributed by atoms with E-state index in [0.717, 1.165) is 12.0 Å². The summed E-state index contributed by atoms with van der Waals surface area (Å²) in [6.45, 7) is 4.23. The molecule has 0 fully saturated rings. The van der Waals surface area contributed by atoms with Crippen molar-refractivity contribution in [3.63, 3.8) is 0 Å². The SMILES string of the molecule is CCC(COC)NS(=O)(=O)c1cccc(C(N)CC)c1. The van der Waals surface area contributed by atoms with Crippen LogP contribution in [0.4, 0.5) is 0 Å². The zero-order valence-electron chi connectivity index (χ0n) is 12.3. The number of hydrogen-bond acceptors (Lipinski definition) is 4. The first-order chi connectivity index (χ1) is 9.44. The molecule has 1 rings (SSSR count). The minimum Gasteiger partial charge on any atom is -0.383 e. The fourth-order valence-electron chi connectivity index (χ4n) is 1.87. The lowest BCUT2D eigenvalue weighted by molar-refractivity contribution is 0.173. The number of nitrogens with one attached hydrogen (secondary N) is 1. The fourth-order valence-corrected chi connectivity index (χ4v) is 3.23. The van der Waals surface area contributed by atoms with Crippen LogP contribution in [0, 0.1) is 0 Å². The molecule has 0 heterocycles. The van der Waals surface area contributed by atoms with Crippen molar-refractivity contribution in [1.29, 1.82) is 0 Å². The van der Waals surface area contributed by atoms with Gasteiger partial charge in [-0.15, -0.1) is 0 Å². The summed E-state index contributed by atoms with van der Waals surface area (Å²) in [6.07, 6.45) is 1.43. The van der Waals surface area contributed by atoms with Crippen molar-refractivity contribution in [2.45, 2.75) is 43.7 Å². The molecule has 2 unspecified atom stereocenters. The molecule has 1 aromatic rings. The Balaban J connectivity index is 2.97. The molecular weight excluding hydrogens is 276 g/mol. The Morgan fingerprint density at radius 3 is 2.55 bits per heavy atom. The molecule has 0 amide bonds. The summed E-state index contributed by atoms with van der Waals surface area (Å²) in [5, 5.41) is 0. The van der Waals surface area contributed by atoms with Crippen LogP contribution in [0.1, 0.15) is 38.3 Å². The van der Waals surface area contributed by atoms with Gasteiger partial charge in [-0.1, -0.05) is 26.0 Å². The van der Waals surface area contributed by atoms with Crippen LogP contribution < -0.4 is 10.5 Å². The van der Waals surface area contributed by atoms with Crippen LogP contribution in [0.25, 0.3) is 0 Å². The Morgan fingerprint density at radius 1 is 1.30 bits per heavy atom. The third-order valence-electron chi connectivity index (χ3n) is 3.22. The quantitative estimate of drug-likeness (QED) is 0.767. The molecule has 3 N–H and O–H groups in total. The first-order valence-corrected chi connectivity index (χ1v) is 8.29. The number of methoxy groups -OCH3 is 1. The second-order valence-corrected chi connectivity index (χ2v) is 6.48. The summed E-state index contributed by atoms with van der Waals surface area (Å²) >= 11 is 0. The number of nitrogens with two attached hydrogens (primary N) is 1. The lowest BCUT2D eigenvalue weighted by Crippen LogP contribution is -2.37. The molecule has 0 saturated heterocycles. The summed E-state index contributed by atoms with van der Waals surface area (Å²) in [5.74, 6) is 0. The van der Waals surface area contributed by atoms with Gasteiger partial charge in [0.2, 0.25) is 10.0 Å². The summed E-state index contributed by atoms with van der Waals surface area (Å²) in [6, 6.07) is 6.40. The van der Waals surface area contributed by atoms with Gasteiger partial charge in [-0.3, -0.25) is 0 Å². The minimum atomic E-state index is -3.54. The van der Waals surface area contributed by atoms with E-state index in [9.17, 15) is 8.42 Å². The molecule has 1 aromatic carbocycles. The summed E-state index contributed by atoms with van der Waals surface area (Å²) < 4.78 is 32.3. The molecule has 2 atom stereocenters. The number of sulfonamides is 1. The Bertz CT molecular complexity index is 517. The number of rotatable bonds is 8. The third kappa shape index (κ3) is 4.56. The smallest absolute Gasteiger partial charge is 0.240 e. The normalized spacial score (nSPS) is 15.0. The average Bonchev–Trinajstić information content (AvgIpc) is 2.45. The summed E-state index contributed by atoms with van der Waals surface area (Å²) in [7, 11) is -1.99. The molecule has 114 valence electrons. The third-order valence-corrected chi connectivity index (χ3v) is 4.74. The van der Waals surface area contributed by atoms with Crippen molar-refractivity contribution in [3.05, 3.63) is 29.8 Å². The maximum absolute atomic E-state index is 12.3. The van der Waals surface area contributed by atoms with Gasteiger partial charge in [0.15, 0.2) is 0 Å². The second kappa shape index (κ2) is 7.73. The molecule has 0 aliphatic carbocycles. The highest BCUT2D eigenvalue weighted by molar-refractivity contribution is 7.89. The number of hydrogen-bond donors (Lipinski definition) is 2. The van der Waals surface area contributed by atoms with E-state index in [1.165, 1.54) is 0 Å². The molecule has 0 radical (unpaired) electrons. The van der Waals surface area contributed by atoms with Crippen LogP contribution in [0.3, 0.4) is 0 Å². The Labute approximate surface area is 121 Å². The van der Waals surface area contributed by atoms with E-state index in [0.29, 0.717) is 13.0 Å². The lowest BCUT2D eigenvalue weighted by atomic mass is 10.1. The fraction of sp³-hybridized carbons (Fsp3) is 0.571. The van der Waals surface area contributed by atoms with E-state index < -0.39 is 10.0 Å². The highest BCUT2D eigenvalue weighted by Gasteiger charge is 2.19. The van der Waals surface area contributed by atoms with Crippen LogP contribution in [-0.2, 0) is 14.8 Å².